The van der Waals surface area contributed by atoms with Crippen LogP contribution in [-0.4, -0.2) is 18.1 Å². The SMILES string of the molecule is CCOP(=O)(OCC)C(Nc1cccc(C)c1)c1ccc([N+](=O)[O-])o1. The summed E-state index contributed by atoms with van der Waals surface area (Å²) < 4.78 is 29.3. The van der Waals surface area contributed by atoms with Crippen LogP contribution in [0.25, 0.3) is 0 Å². The maximum absolute atomic E-state index is 13.2. The van der Waals surface area contributed by atoms with E-state index in [4.69, 9.17) is 13.5 Å². The second-order valence-corrected chi connectivity index (χ2v) is 7.34. The molecule has 25 heavy (non-hydrogen) atoms. The molecule has 1 aromatic heterocycles. The lowest BCUT2D eigenvalue weighted by Crippen LogP contribution is -2.15. The van der Waals surface area contributed by atoms with Crippen molar-refractivity contribution in [2.45, 2.75) is 26.6 Å². The summed E-state index contributed by atoms with van der Waals surface area (Å²) in [6.07, 6.45) is 0. The van der Waals surface area contributed by atoms with Gasteiger partial charge in [-0.3, -0.25) is 14.7 Å². The Morgan fingerprint density at radius 2 is 1.92 bits per heavy atom. The number of nitro groups is 1. The van der Waals surface area contributed by atoms with Crippen molar-refractivity contribution in [1.82, 2.24) is 0 Å². The number of anilines is 1. The van der Waals surface area contributed by atoms with Gasteiger partial charge in [-0.25, -0.2) is 0 Å². The lowest BCUT2D eigenvalue weighted by atomic mass is 10.2. The van der Waals surface area contributed by atoms with Crippen LogP contribution >= 0.6 is 7.60 Å². The molecule has 0 fully saturated rings. The summed E-state index contributed by atoms with van der Waals surface area (Å²) in [6, 6.07) is 10.0. The highest BCUT2D eigenvalue weighted by Crippen LogP contribution is 2.61. The van der Waals surface area contributed by atoms with Gasteiger partial charge in [0.1, 0.15) is 10.7 Å². The molecule has 1 heterocycles. The monoisotopic (exact) mass is 368 g/mol. The van der Waals surface area contributed by atoms with Crippen molar-refractivity contribution in [3.8, 4) is 0 Å². The molecule has 136 valence electrons. The molecule has 1 aromatic carbocycles. The highest BCUT2D eigenvalue weighted by Gasteiger charge is 2.40. The van der Waals surface area contributed by atoms with Gasteiger partial charge in [0.2, 0.25) is 0 Å². The van der Waals surface area contributed by atoms with Gasteiger partial charge < -0.3 is 18.8 Å². The van der Waals surface area contributed by atoms with Gasteiger partial charge >= 0.3 is 13.5 Å². The highest BCUT2D eigenvalue weighted by molar-refractivity contribution is 7.54. The Kier molecular flexibility index (Phi) is 6.36. The molecule has 0 spiro atoms. The first-order valence-electron chi connectivity index (χ1n) is 7.85. The van der Waals surface area contributed by atoms with E-state index in [1.54, 1.807) is 19.9 Å². The number of hydrogen-bond donors (Lipinski definition) is 1. The predicted octanol–water partition coefficient (Wildman–Crippen LogP) is 4.87. The smallest absolute Gasteiger partial charge is 0.403 e. The minimum atomic E-state index is -3.68. The normalized spacial score (nSPS) is 12.8. The van der Waals surface area contributed by atoms with E-state index < -0.39 is 24.2 Å². The molecule has 0 aliphatic heterocycles. The quantitative estimate of drug-likeness (QED) is 0.382. The average Bonchev–Trinajstić information content (AvgIpc) is 3.03. The van der Waals surface area contributed by atoms with Gasteiger partial charge in [-0.05, 0) is 44.5 Å². The number of nitrogens with one attached hydrogen (secondary N) is 1. The zero-order valence-electron chi connectivity index (χ0n) is 14.3. The maximum Gasteiger partial charge on any atom is 0.433 e. The van der Waals surface area contributed by atoms with Crippen molar-refractivity contribution in [2.75, 3.05) is 18.5 Å². The Morgan fingerprint density at radius 3 is 2.44 bits per heavy atom. The summed E-state index contributed by atoms with van der Waals surface area (Å²) in [5.74, 6) is -1.34. The Hall–Kier alpha value is -2.15. The molecule has 0 amide bonds. The van der Waals surface area contributed by atoms with E-state index in [-0.39, 0.29) is 19.0 Å². The number of aryl methyl sites for hydroxylation is 1. The molecule has 1 N–H and O–H groups in total. The standard InChI is InChI=1S/C16H21N2O6P/c1-4-22-25(21,23-5-2)16(14-9-10-15(24-14)18(19)20)17-13-8-6-7-12(3)11-13/h6-11,16-17H,4-5H2,1-3H3. The number of rotatable bonds is 9. The van der Waals surface area contributed by atoms with E-state index in [1.807, 2.05) is 25.1 Å². The van der Waals surface area contributed by atoms with Crippen LogP contribution in [0.4, 0.5) is 11.6 Å². The Balaban J connectivity index is 2.45. The third-order valence-electron chi connectivity index (χ3n) is 3.32. The third-order valence-corrected chi connectivity index (χ3v) is 5.57. The van der Waals surface area contributed by atoms with E-state index in [1.165, 1.54) is 12.1 Å². The first kappa shape index (κ1) is 19.2. The van der Waals surface area contributed by atoms with Gasteiger partial charge in [0, 0.05) is 5.69 Å². The molecular weight excluding hydrogens is 347 g/mol. The van der Waals surface area contributed by atoms with E-state index in [2.05, 4.69) is 5.32 Å². The number of furan rings is 1. The molecule has 1 atom stereocenters. The molecule has 2 rings (SSSR count). The van der Waals surface area contributed by atoms with Gasteiger partial charge in [0.15, 0.2) is 5.78 Å². The topological polar surface area (TPSA) is 104 Å². The van der Waals surface area contributed by atoms with Crippen LogP contribution in [0.1, 0.15) is 31.0 Å². The molecule has 0 radical (unpaired) electrons. The van der Waals surface area contributed by atoms with E-state index >= 15 is 0 Å². The number of benzene rings is 1. The zero-order valence-corrected chi connectivity index (χ0v) is 15.2. The second-order valence-electron chi connectivity index (χ2n) is 5.22. The van der Waals surface area contributed by atoms with Gasteiger partial charge in [-0.1, -0.05) is 12.1 Å². The van der Waals surface area contributed by atoms with Crippen molar-refractivity contribution < 1.29 is 23.0 Å². The first-order valence-corrected chi connectivity index (χ1v) is 9.47. The molecule has 9 heteroatoms. The summed E-state index contributed by atoms with van der Waals surface area (Å²) in [7, 11) is -3.68. The van der Waals surface area contributed by atoms with Crippen molar-refractivity contribution in [3.63, 3.8) is 0 Å². The Morgan fingerprint density at radius 1 is 1.24 bits per heavy atom. The highest BCUT2D eigenvalue weighted by atomic mass is 31.2. The summed E-state index contributed by atoms with van der Waals surface area (Å²) in [5.41, 5.74) is 1.67. The molecule has 0 saturated heterocycles. The Bertz CT molecular complexity index is 765. The van der Waals surface area contributed by atoms with Gasteiger partial charge in [-0.15, -0.1) is 0 Å². The fraction of sp³-hybridized carbons (Fsp3) is 0.375. The fourth-order valence-electron chi connectivity index (χ4n) is 2.33. The van der Waals surface area contributed by atoms with Crippen LogP contribution in [0.15, 0.2) is 40.8 Å². The number of nitrogens with zero attached hydrogens (tertiary/aromatic N) is 1. The molecule has 8 nitrogen and oxygen atoms in total. The van der Waals surface area contributed by atoms with Crippen LogP contribution in [0.2, 0.25) is 0 Å². The van der Waals surface area contributed by atoms with Crippen LogP contribution in [-0.2, 0) is 13.6 Å². The summed E-state index contributed by atoms with van der Waals surface area (Å²) in [4.78, 5) is 10.2. The van der Waals surface area contributed by atoms with Crippen LogP contribution < -0.4 is 5.32 Å². The predicted molar refractivity (Wildman–Crippen MR) is 93.8 cm³/mol. The fourth-order valence-corrected chi connectivity index (χ4v) is 4.18. The molecule has 0 bridgehead atoms. The van der Waals surface area contributed by atoms with Gasteiger partial charge in [0.25, 0.3) is 0 Å². The summed E-state index contributed by atoms with van der Waals surface area (Å²) in [6.45, 7) is 5.63. The molecule has 2 aromatic rings. The lowest BCUT2D eigenvalue weighted by molar-refractivity contribution is -0.402. The van der Waals surface area contributed by atoms with Crippen molar-refractivity contribution in [2.24, 2.45) is 0 Å². The van der Waals surface area contributed by atoms with Crippen molar-refractivity contribution >= 4 is 19.2 Å². The number of hydrogen-bond acceptors (Lipinski definition) is 7. The zero-order chi connectivity index (χ0) is 18.4. The van der Waals surface area contributed by atoms with Crippen LogP contribution in [0, 0.1) is 17.0 Å². The first-order chi connectivity index (χ1) is 11.9. The molecule has 0 aliphatic rings. The molecule has 1 unspecified atom stereocenters. The molecule has 0 aliphatic carbocycles. The molecular formula is C16H21N2O6P. The van der Waals surface area contributed by atoms with E-state index in [0.29, 0.717) is 5.69 Å². The third kappa shape index (κ3) is 4.69. The Labute approximate surface area is 145 Å². The average molecular weight is 368 g/mol. The maximum atomic E-state index is 13.2. The lowest BCUT2D eigenvalue weighted by Gasteiger charge is -2.26. The molecule has 0 saturated carbocycles. The van der Waals surface area contributed by atoms with E-state index in [0.717, 1.165) is 5.56 Å². The largest absolute Gasteiger partial charge is 0.433 e. The van der Waals surface area contributed by atoms with Gasteiger partial charge in [0.05, 0.1) is 19.3 Å². The summed E-state index contributed by atoms with van der Waals surface area (Å²) >= 11 is 0. The summed E-state index contributed by atoms with van der Waals surface area (Å²) in [5, 5.41) is 14.0. The van der Waals surface area contributed by atoms with Crippen molar-refractivity contribution in [1.29, 1.82) is 0 Å². The minimum Gasteiger partial charge on any atom is -0.403 e. The van der Waals surface area contributed by atoms with Crippen LogP contribution in [0.5, 0.6) is 0 Å². The minimum absolute atomic E-state index is 0.110. The van der Waals surface area contributed by atoms with E-state index in [9.17, 15) is 14.7 Å². The van der Waals surface area contributed by atoms with Crippen LogP contribution in [0.3, 0.4) is 0 Å². The second kappa shape index (κ2) is 8.29. The van der Waals surface area contributed by atoms with Gasteiger partial charge in [-0.2, -0.15) is 0 Å². The van der Waals surface area contributed by atoms with Crippen molar-refractivity contribution in [3.05, 3.63) is 57.8 Å².